The molecule has 240 valence electrons. The molecule has 1 aliphatic rings. The van der Waals surface area contributed by atoms with Crippen molar-refractivity contribution in [2.75, 3.05) is 19.0 Å². The topological polar surface area (TPSA) is 141 Å². The first kappa shape index (κ1) is 32.2. The summed E-state index contributed by atoms with van der Waals surface area (Å²) < 4.78 is 18.4. The number of hydrogen-bond donors (Lipinski definition) is 3. The van der Waals surface area contributed by atoms with E-state index in [-0.39, 0.29) is 42.4 Å². The van der Waals surface area contributed by atoms with Gasteiger partial charge in [0.1, 0.15) is 30.3 Å². The predicted octanol–water partition coefficient (Wildman–Crippen LogP) is 5.31. The molecule has 2 atom stereocenters. The number of rotatable bonds is 14. The number of carbonyl (C=O) groups is 3. The minimum Gasteiger partial charge on any atom is -0.497 e. The van der Waals surface area contributed by atoms with Gasteiger partial charge in [0.2, 0.25) is 5.91 Å². The van der Waals surface area contributed by atoms with Gasteiger partial charge in [-0.05, 0) is 36.1 Å². The molecule has 1 heterocycles. The predicted molar refractivity (Wildman–Crippen MR) is 171 cm³/mol. The molecule has 1 saturated carbocycles. The fraction of sp³-hybridized carbons (Fsp3) is 0.314. The Morgan fingerprint density at radius 3 is 2.30 bits per heavy atom. The fourth-order valence-electron chi connectivity index (χ4n) is 5.49. The number of carboxylic acid groups (broad SMARTS) is 1. The first-order valence-corrected chi connectivity index (χ1v) is 15.3. The van der Waals surface area contributed by atoms with Crippen molar-refractivity contribution in [3.8, 4) is 11.5 Å². The third kappa shape index (κ3) is 8.72. The molecule has 0 radical (unpaired) electrons. The van der Waals surface area contributed by atoms with E-state index in [9.17, 15) is 19.5 Å². The number of nitrogens with one attached hydrogen (secondary N) is 2. The molecule has 3 aromatic carbocycles. The van der Waals surface area contributed by atoms with Crippen molar-refractivity contribution in [3.63, 3.8) is 0 Å². The summed E-state index contributed by atoms with van der Waals surface area (Å²) in [6.07, 6.45) is 3.77. The molecule has 1 aliphatic carbocycles. The Morgan fingerprint density at radius 1 is 0.913 bits per heavy atom. The second-order valence-corrected chi connectivity index (χ2v) is 11.2. The van der Waals surface area contributed by atoms with Gasteiger partial charge in [-0.25, -0.2) is 9.48 Å². The van der Waals surface area contributed by atoms with Gasteiger partial charge >= 0.3 is 5.97 Å². The summed E-state index contributed by atoms with van der Waals surface area (Å²) in [6.45, 7) is 0.922. The second kappa shape index (κ2) is 15.7. The van der Waals surface area contributed by atoms with Crippen LogP contribution in [0.2, 0.25) is 0 Å². The van der Waals surface area contributed by atoms with Crippen molar-refractivity contribution < 1.29 is 33.7 Å². The average molecular weight is 627 g/mol. The highest BCUT2D eigenvalue weighted by Crippen LogP contribution is 2.31. The van der Waals surface area contributed by atoms with E-state index in [2.05, 4.69) is 15.7 Å². The van der Waals surface area contributed by atoms with Crippen molar-refractivity contribution in [1.82, 2.24) is 15.1 Å². The quantitative estimate of drug-likeness (QED) is 0.171. The number of aromatic carboxylic acids is 1. The summed E-state index contributed by atoms with van der Waals surface area (Å²) in [5.74, 6) is -1.30. The lowest BCUT2D eigenvalue weighted by Gasteiger charge is -2.32. The van der Waals surface area contributed by atoms with Crippen molar-refractivity contribution in [3.05, 3.63) is 107 Å². The van der Waals surface area contributed by atoms with Crippen LogP contribution in [0.4, 0.5) is 5.69 Å². The van der Waals surface area contributed by atoms with Crippen molar-refractivity contribution in [1.29, 1.82) is 0 Å². The number of nitrogens with zero attached hydrogens (tertiary/aromatic N) is 2. The molecule has 1 fully saturated rings. The Bertz CT molecular complexity index is 1620. The SMILES string of the molecule is COc1ccc(NC(=O)c2cc(C(=O)O)nn2CC(=O)NC2CCCC[C@@H]2COCc2ccccc2)c(OCc2ccccc2)c1. The van der Waals surface area contributed by atoms with Crippen LogP contribution in [0, 0.1) is 5.92 Å². The van der Waals surface area contributed by atoms with E-state index in [0.717, 1.165) is 47.6 Å². The van der Waals surface area contributed by atoms with Crippen molar-refractivity contribution in [2.45, 2.75) is 51.5 Å². The smallest absolute Gasteiger partial charge is 0.356 e. The third-order valence-corrected chi connectivity index (χ3v) is 7.90. The molecule has 1 unspecified atom stereocenters. The van der Waals surface area contributed by atoms with Crippen molar-refractivity contribution >= 4 is 23.5 Å². The van der Waals surface area contributed by atoms with E-state index in [1.807, 2.05) is 60.7 Å². The summed E-state index contributed by atoms with van der Waals surface area (Å²) in [7, 11) is 1.53. The lowest BCUT2D eigenvalue weighted by Crippen LogP contribution is -2.45. The molecule has 4 aromatic rings. The summed E-state index contributed by atoms with van der Waals surface area (Å²) in [5.41, 5.74) is 1.93. The van der Waals surface area contributed by atoms with Crippen LogP contribution < -0.4 is 20.1 Å². The Kier molecular flexibility index (Phi) is 11.0. The lowest BCUT2D eigenvalue weighted by molar-refractivity contribution is -0.123. The number of hydrogen-bond acceptors (Lipinski definition) is 7. The molecule has 1 aromatic heterocycles. The van der Waals surface area contributed by atoms with Gasteiger partial charge in [0.15, 0.2) is 5.69 Å². The van der Waals surface area contributed by atoms with Crippen LogP contribution in [0.15, 0.2) is 84.9 Å². The highest BCUT2D eigenvalue weighted by Gasteiger charge is 2.28. The fourth-order valence-corrected chi connectivity index (χ4v) is 5.49. The van der Waals surface area contributed by atoms with E-state index in [1.54, 1.807) is 18.2 Å². The number of amides is 2. The van der Waals surface area contributed by atoms with Crippen LogP contribution in [0.3, 0.4) is 0 Å². The Balaban J connectivity index is 1.26. The van der Waals surface area contributed by atoms with Gasteiger partial charge in [0.25, 0.3) is 5.91 Å². The lowest BCUT2D eigenvalue weighted by atomic mass is 9.85. The zero-order chi connectivity index (χ0) is 32.3. The van der Waals surface area contributed by atoms with E-state index < -0.39 is 11.9 Å². The molecule has 0 saturated heterocycles. The molecular weight excluding hydrogens is 588 g/mol. The molecule has 0 aliphatic heterocycles. The number of benzene rings is 3. The maximum atomic E-state index is 13.5. The largest absolute Gasteiger partial charge is 0.497 e. The van der Waals surface area contributed by atoms with E-state index in [4.69, 9.17) is 14.2 Å². The maximum absolute atomic E-state index is 13.5. The Labute approximate surface area is 267 Å². The van der Waals surface area contributed by atoms with Gasteiger partial charge in [-0.3, -0.25) is 9.59 Å². The number of ether oxygens (including phenoxy) is 3. The molecular formula is C35H38N4O7. The van der Waals surface area contributed by atoms with Crippen LogP contribution in [0.1, 0.15) is 57.8 Å². The Hall–Kier alpha value is -5.16. The number of aromatic nitrogens is 2. The highest BCUT2D eigenvalue weighted by molar-refractivity contribution is 6.05. The number of anilines is 1. The van der Waals surface area contributed by atoms with E-state index in [1.165, 1.54) is 7.11 Å². The van der Waals surface area contributed by atoms with Crippen LogP contribution >= 0.6 is 0 Å². The van der Waals surface area contributed by atoms with Gasteiger partial charge in [-0.1, -0.05) is 73.5 Å². The van der Waals surface area contributed by atoms with Gasteiger partial charge in [-0.2, -0.15) is 5.10 Å². The average Bonchev–Trinajstić information content (AvgIpc) is 3.50. The van der Waals surface area contributed by atoms with E-state index in [0.29, 0.717) is 30.4 Å². The van der Waals surface area contributed by atoms with E-state index >= 15 is 0 Å². The highest BCUT2D eigenvalue weighted by atomic mass is 16.5. The first-order chi connectivity index (χ1) is 22.4. The zero-order valence-corrected chi connectivity index (χ0v) is 25.7. The molecule has 3 N–H and O–H groups in total. The van der Waals surface area contributed by atoms with Crippen LogP contribution in [0.25, 0.3) is 0 Å². The van der Waals surface area contributed by atoms with Crippen molar-refractivity contribution in [2.24, 2.45) is 5.92 Å². The Morgan fingerprint density at radius 2 is 1.61 bits per heavy atom. The zero-order valence-electron chi connectivity index (χ0n) is 25.7. The number of carboxylic acids is 1. The second-order valence-electron chi connectivity index (χ2n) is 11.2. The molecule has 5 rings (SSSR count). The van der Waals surface area contributed by atoms with Gasteiger partial charge < -0.3 is 30.0 Å². The van der Waals surface area contributed by atoms with Crippen LogP contribution in [-0.4, -0.2) is 52.4 Å². The van der Waals surface area contributed by atoms with Crippen LogP contribution in [0.5, 0.6) is 11.5 Å². The molecule has 46 heavy (non-hydrogen) atoms. The standard InChI is InChI=1S/C35H38N4O7/c1-44-27-16-17-29(32(18-27)46-22-25-12-6-3-7-13-25)37-34(41)31-19-30(35(42)43)38-39(31)20-33(40)36-28-15-9-8-14-26(28)23-45-21-24-10-4-2-5-11-24/h2-7,10-13,16-19,26,28H,8-9,14-15,20-23H2,1H3,(H,36,40)(H,37,41)(H,42,43)/t26-,28?/m1/s1. The van der Waals surface area contributed by atoms with Gasteiger partial charge in [0.05, 0.1) is 26.0 Å². The van der Waals surface area contributed by atoms with Gasteiger partial charge in [-0.15, -0.1) is 0 Å². The minimum absolute atomic E-state index is 0.0798. The number of carbonyl (C=O) groups excluding carboxylic acids is 2. The molecule has 0 spiro atoms. The van der Waals surface area contributed by atoms with Gasteiger partial charge in [0, 0.05) is 24.1 Å². The third-order valence-electron chi connectivity index (χ3n) is 7.90. The summed E-state index contributed by atoms with van der Waals surface area (Å²) in [6, 6.07) is 25.5. The normalized spacial score (nSPS) is 15.9. The molecule has 0 bridgehead atoms. The maximum Gasteiger partial charge on any atom is 0.356 e. The molecule has 11 heteroatoms. The minimum atomic E-state index is -1.31. The molecule has 11 nitrogen and oxygen atoms in total. The summed E-state index contributed by atoms with van der Waals surface area (Å²) >= 11 is 0. The summed E-state index contributed by atoms with van der Waals surface area (Å²) in [4.78, 5) is 38.5. The number of methoxy groups -OCH3 is 1. The van der Waals surface area contributed by atoms with Crippen LogP contribution in [-0.2, 0) is 29.3 Å². The molecule has 2 amide bonds. The monoisotopic (exact) mass is 626 g/mol. The first-order valence-electron chi connectivity index (χ1n) is 15.3. The summed E-state index contributed by atoms with van der Waals surface area (Å²) in [5, 5.41) is 19.5.